The minimum atomic E-state index is -3.21. The van der Waals surface area contributed by atoms with Gasteiger partial charge in [-0.25, -0.2) is 8.42 Å². The Hall–Kier alpha value is -0.620. The molecule has 1 rings (SSSR count). The molecule has 1 aliphatic heterocycles. The number of nitrogens with one attached hydrogen (secondary N) is 2. The maximum absolute atomic E-state index is 11.5. The van der Waals surface area contributed by atoms with Crippen LogP contribution >= 0.6 is 0 Å². The van der Waals surface area contributed by atoms with Gasteiger partial charge in [0.25, 0.3) is 0 Å². The molecule has 0 aromatic carbocycles. The summed E-state index contributed by atoms with van der Waals surface area (Å²) in [7, 11) is -3.21. The van der Waals surface area contributed by atoms with E-state index in [0.29, 0.717) is 18.9 Å². The highest BCUT2D eigenvalue weighted by Crippen LogP contribution is 2.08. The van der Waals surface area contributed by atoms with E-state index in [1.807, 2.05) is 0 Å². The van der Waals surface area contributed by atoms with Crippen LogP contribution in [0.4, 0.5) is 0 Å². The number of rotatable bonds is 6. The van der Waals surface area contributed by atoms with Crippen molar-refractivity contribution < 1.29 is 13.2 Å². The topological polar surface area (TPSA) is 75.3 Å². The summed E-state index contributed by atoms with van der Waals surface area (Å²) in [4.78, 5) is 11.5. The van der Waals surface area contributed by atoms with Crippen LogP contribution in [0.5, 0.6) is 0 Å². The van der Waals surface area contributed by atoms with Crippen molar-refractivity contribution in [3.8, 4) is 0 Å². The van der Waals surface area contributed by atoms with Crippen molar-refractivity contribution in [3.63, 3.8) is 0 Å². The summed E-state index contributed by atoms with van der Waals surface area (Å²) >= 11 is 0. The lowest BCUT2D eigenvalue weighted by molar-refractivity contribution is -0.118. The Morgan fingerprint density at radius 2 is 2.24 bits per heavy atom. The quantitative estimate of drug-likeness (QED) is 0.702. The van der Waals surface area contributed by atoms with Crippen molar-refractivity contribution in [2.24, 2.45) is 5.92 Å². The van der Waals surface area contributed by atoms with Crippen LogP contribution in [0.15, 0.2) is 0 Å². The second-order valence-electron chi connectivity index (χ2n) is 4.61. The highest BCUT2D eigenvalue weighted by atomic mass is 32.2. The maximum atomic E-state index is 11.5. The predicted octanol–water partition coefficient (Wildman–Crippen LogP) is -0.0730. The highest BCUT2D eigenvalue weighted by molar-refractivity contribution is 7.92. The molecule has 1 aliphatic rings. The third-order valence-electron chi connectivity index (χ3n) is 2.85. The highest BCUT2D eigenvalue weighted by Gasteiger charge is 2.17. The van der Waals surface area contributed by atoms with E-state index in [2.05, 4.69) is 10.6 Å². The largest absolute Gasteiger partial charge is 0.355 e. The van der Waals surface area contributed by atoms with Crippen molar-refractivity contribution in [2.75, 3.05) is 31.1 Å². The van der Waals surface area contributed by atoms with Gasteiger partial charge in [0, 0.05) is 6.54 Å². The molecule has 2 N–H and O–H groups in total. The van der Waals surface area contributed by atoms with Crippen LogP contribution in [-0.2, 0) is 14.6 Å². The second kappa shape index (κ2) is 6.96. The average molecular weight is 262 g/mol. The second-order valence-corrected chi connectivity index (χ2v) is 6.79. The first-order valence-corrected chi connectivity index (χ1v) is 8.03. The van der Waals surface area contributed by atoms with Crippen LogP contribution in [-0.4, -0.2) is 45.5 Å². The molecular formula is C11H22N2O3S. The Morgan fingerprint density at radius 1 is 1.47 bits per heavy atom. The fourth-order valence-electron chi connectivity index (χ4n) is 1.99. The van der Waals surface area contributed by atoms with Gasteiger partial charge in [0.15, 0.2) is 9.84 Å². The predicted molar refractivity (Wildman–Crippen MR) is 67.5 cm³/mol. The van der Waals surface area contributed by atoms with Crippen LogP contribution < -0.4 is 10.6 Å². The number of hydrogen-bond donors (Lipinski definition) is 2. The van der Waals surface area contributed by atoms with Gasteiger partial charge in [-0.3, -0.25) is 4.79 Å². The van der Waals surface area contributed by atoms with E-state index in [-0.39, 0.29) is 17.4 Å². The van der Waals surface area contributed by atoms with Gasteiger partial charge in [0.2, 0.25) is 5.91 Å². The molecule has 1 fully saturated rings. The molecule has 1 atom stereocenters. The van der Waals surface area contributed by atoms with Crippen LogP contribution in [0.25, 0.3) is 0 Å². The summed E-state index contributed by atoms with van der Waals surface area (Å²) < 4.78 is 22.8. The van der Waals surface area contributed by atoms with E-state index < -0.39 is 9.84 Å². The lowest BCUT2D eigenvalue weighted by Crippen LogP contribution is -2.40. The number of carbonyl (C=O) groups excluding carboxylic acids is 1. The molecule has 0 aromatic rings. The van der Waals surface area contributed by atoms with Crippen molar-refractivity contribution in [3.05, 3.63) is 0 Å². The molecule has 0 aliphatic carbocycles. The molecule has 0 saturated carbocycles. The molecule has 1 heterocycles. The minimum Gasteiger partial charge on any atom is -0.355 e. The van der Waals surface area contributed by atoms with Crippen LogP contribution in [0, 0.1) is 5.92 Å². The van der Waals surface area contributed by atoms with Gasteiger partial charge < -0.3 is 10.6 Å². The fourth-order valence-corrected chi connectivity index (χ4v) is 3.26. The first kappa shape index (κ1) is 14.4. The van der Waals surface area contributed by atoms with E-state index in [1.165, 1.54) is 0 Å². The van der Waals surface area contributed by atoms with Crippen molar-refractivity contribution >= 4 is 15.7 Å². The molecular weight excluding hydrogens is 240 g/mol. The first-order valence-electron chi connectivity index (χ1n) is 6.21. The Bertz CT molecular complexity index is 335. The lowest BCUT2D eigenvalue weighted by Gasteiger charge is -2.22. The summed E-state index contributed by atoms with van der Waals surface area (Å²) in [6.45, 7) is 4.31. The lowest BCUT2D eigenvalue weighted by atomic mass is 10.00. The minimum absolute atomic E-state index is 0.0887. The summed E-state index contributed by atoms with van der Waals surface area (Å²) in [6, 6.07) is 0. The van der Waals surface area contributed by atoms with Gasteiger partial charge in [-0.15, -0.1) is 0 Å². The molecule has 100 valence electrons. The molecule has 5 nitrogen and oxygen atoms in total. The van der Waals surface area contributed by atoms with Crippen molar-refractivity contribution in [1.82, 2.24) is 10.6 Å². The summed E-state index contributed by atoms with van der Waals surface area (Å²) in [5.74, 6) is -0.225. The third-order valence-corrected chi connectivity index (χ3v) is 4.59. The summed E-state index contributed by atoms with van der Waals surface area (Å²) in [5, 5.41) is 5.97. The number of carbonyl (C=O) groups is 1. The van der Waals surface area contributed by atoms with Gasteiger partial charge in [-0.05, 0) is 38.3 Å². The molecule has 1 unspecified atom stereocenters. The van der Waals surface area contributed by atoms with E-state index >= 15 is 0 Å². The smallest absolute Gasteiger partial charge is 0.235 e. The summed E-state index contributed by atoms with van der Waals surface area (Å²) in [6.07, 6.45) is 2.77. The molecule has 0 bridgehead atoms. The zero-order valence-corrected chi connectivity index (χ0v) is 11.2. The number of hydrogen-bond acceptors (Lipinski definition) is 4. The maximum Gasteiger partial charge on any atom is 0.235 e. The van der Waals surface area contributed by atoms with E-state index in [0.717, 1.165) is 25.9 Å². The number of sulfone groups is 1. The zero-order chi connectivity index (χ0) is 12.7. The Morgan fingerprint density at radius 3 is 2.82 bits per heavy atom. The zero-order valence-electron chi connectivity index (χ0n) is 10.4. The number of amides is 1. The van der Waals surface area contributed by atoms with Gasteiger partial charge in [0.05, 0.1) is 5.75 Å². The molecule has 0 aromatic heterocycles. The van der Waals surface area contributed by atoms with Crippen molar-refractivity contribution in [2.45, 2.75) is 26.2 Å². The van der Waals surface area contributed by atoms with E-state index in [9.17, 15) is 13.2 Å². The van der Waals surface area contributed by atoms with Crippen LogP contribution in [0.3, 0.4) is 0 Å². The monoisotopic (exact) mass is 262 g/mol. The summed E-state index contributed by atoms with van der Waals surface area (Å²) in [5.41, 5.74) is 0. The third kappa shape index (κ3) is 6.02. The van der Waals surface area contributed by atoms with Crippen LogP contribution in [0.1, 0.15) is 26.2 Å². The van der Waals surface area contributed by atoms with Crippen LogP contribution in [0.2, 0.25) is 0 Å². The van der Waals surface area contributed by atoms with Gasteiger partial charge in [0.1, 0.15) is 5.75 Å². The molecule has 0 spiro atoms. The Balaban J connectivity index is 2.25. The van der Waals surface area contributed by atoms with Gasteiger partial charge in [-0.1, -0.05) is 6.92 Å². The fraction of sp³-hybridized carbons (Fsp3) is 0.909. The van der Waals surface area contributed by atoms with E-state index in [1.54, 1.807) is 6.92 Å². The Labute approximate surface area is 103 Å². The standard InChI is InChI=1S/C11H22N2O3S/c1-2-6-17(15,16)9-11(14)13-8-10-4-3-5-12-7-10/h10,12H,2-9H2,1H3,(H,13,14). The first-order chi connectivity index (χ1) is 8.03. The average Bonchev–Trinajstić information content (AvgIpc) is 2.27. The normalized spacial score (nSPS) is 21.1. The molecule has 17 heavy (non-hydrogen) atoms. The van der Waals surface area contributed by atoms with Gasteiger partial charge in [-0.2, -0.15) is 0 Å². The molecule has 0 radical (unpaired) electrons. The molecule has 1 amide bonds. The number of piperidine rings is 1. The van der Waals surface area contributed by atoms with Crippen molar-refractivity contribution in [1.29, 1.82) is 0 Å². The molecule has 6 heteroatoms. The SMILES string of the molecule is CCCS(=O)(=O)CC(=O)NCC1CCCNC1. The molecule has 1 saturated heterocycles. The Kier molecular flexibility index (Phi) is 5.91. The van der Waals surface area contributed by atoms with E-state index in [4.69, 9.17) is 0 Å². The van der Waals surface area contributed by atoms with Gasteiger partial charge >= 0.3 is 0 Å².